The second-order valence-electron chi connectivity index (χ2n) is 6.36. The van der Waals surface area contributed by atoms with Gasteiger partial charge >= 0.3 is 0 Å². The van der Waals surface area contributed by atoms with E-state index in [9.17, 15) is 4.79 Å². The number of carbonyl (C=O) groups excluding carboxylic acids is 1. The first-order chi connectivity index (χ1) is 13.1. The van der Waals surface area contributed by atoms with Gasteiger partial charge in [0.15, 0.2) is 0 Å². The monoisotopic (exact) mass is 364 g/mol. The molecule has 0 saturated heterocycles. The van der Waals surface area contributed by atoms with E-state index in [0.29, 0.717) is 23.6 Å². The fourth-order valence-corrected chi connectivity index (χ4v) is 3.11. The molecule has 7 heteroatoms. The standard InChI is InChI=1S/C20H20N4O3/c1-3-26-19-9-15-8-13(2)27-18(15)10-17(19)23-20(25)14-4-6-16(7-5-14)24-12-21-11-22-24/h4-7,9-13H,3,8H2,1-2H3,(H,23,25). The van der Waals surface area contributed by atoms with E-state index >= 15 is 0 Å². The zero-order valence-electron chi connectivity index (χ0n) is 15.2. The fraction of sp³-hybridized carbons (Fsp3) is 0.250. The van der Waals surface area contributed by atoms with Gasteiger partial charge in [-0.15, -0.1) is 0 Å². The summed E-state index contributed by atoms with van der Waals surface area (Å²) in [4.78, 5) is 16.6. The maximum absolute atomic E-state index is 12.7. The Bertz CT molecular complexity index is 952. The summed E-state index contributed by atoms with van der Waals surface area (Å²) in [6.45, 7) is 4.46. The Morgan fingerprint density at radius 1 is 1.33 bits per heavy atom. The normalized spacial score (nSPS) is 15.1. The molecule has 1 atom stereocenters. The lowest BCUT2D eigenvalue weighted by molar-refractivity contribution is 0.102. The second-order valence-corrected chi connectivity index (χ2v) is 6.36. The third kappa shape index (κ3) is 3.48. The van der Waals surface area contributed by atoms with Crippen molar-refractivity contribution < 1.29 is 14.3 Å². The van der Waals surface area contributed by atoms with Crippen LogP contribution in [-0.2, 0) is 6.42 Å². The minimum absolute atomic E-state index is 0.129. The van der Waals surface area contributed by atoms with E-state index < -0.39 is 0 Å². The Morgan fingerprint density at radius 2 is 2.15 bits per heavy atom. The topological polar surface area (TPSA) is 78.3 Å². The summed E-state index contributed by atoms with van der Waals surface area (Å²) in [5.74, 6) is 1.23. The van der Waals surface area contributed by atoms with Crippen molar-refractivity contribution in [3.8, 4) is 17.2 Å². The van der Waals surface area contributed by atoms with Crippen LogP contribution in [0.15, 0.2) is 49.1 Å². The molecule has 1 aliphatic rings. The molecule has 1 amide bonds. The van der Waals surface area contributed by atoms with Gasteiger partial charge in [-0.3, -0.25) is 4.79 Å². The van der Waals surface area contributed by atoms with E-state index in [0.717, 1.165) is 23.4 Å². The molecule has 7 nitrogen and oxygen atoms in total. The molecule has 0 bridgehead atoms. The summed E-state index contributed by atoms with van der Waals surface area (Å²) in [5.41, 5.74) is 3.08. The molecule has 2 aromatic carbocycles. The molecule has 2 heterocycles. The Hall–Kier alpha value is -3.35. The maximum Gasteiger partial charge on any atom is 0.255 e. The molecule has 27 heavy (non-hydrogen) atoms. The second kappa shape index (κ2) is 7.11. The highest BCUT2D eigenvalue weighted by Gasteiger charge is 2.22. The van der Waals surface area contributed by atoms with Crippen molar-refractivity contribution in [2.24, 2.45) is 0 Å². The summed E-state index contributed by atoms with van der Waals surface area (Å²) < 4.78 is 13.1. The first kappa shape index (κ1) is 17.1. The molecule has 1 aromatic heterocycles. The van der Waals surface area contributed by atoms with Crippen molar-refractivity contribution in [2.45, 2.75) is 26.4 Å². The lowest BCUT2D eigenvalue weighted by Gasteiger charge is -2.14. The van der Waals surface area contributed by atoms with Gasteiger partial charge < -0.3 is 14.8 Å². The quantitative estimate of drug-likeness (QED) is 0.752. The average molecular weight is 364 g/mol. The minimum Gasteiger partial charge on any atom is -0.492 e. The number of amides is 1. The number of carbonyl (C=O) groups is 1. The van der Waals surface area contributed by atoms with Crippen molar-refractivity contribution in [3.63, 3.8) is 0 Å². The molecule has 138 valence electrons. The molecular weight excluding hydrogens is 344 g/mol. The van der Waals surface area contributed by atoms with Crippen molar-refractivity contribution >= 4 is 11.6 Å². The number of nitrogens with zero attached hydrogens (tertiary/aromatic N) is 3. The van der Waals surface area contributed by atoms with Crippen LogP contribution in [0, 0.1) is 0 Å². The fourth-order valence-electron chi connectivity index (χ4n) is 3.11. The molecule has 1 aliphatic heterocycles. The largest absolute Gasteiger partial charge is 0.492 e. The number of aromatic nitrogens is 3. The highest BCUT2D eigenvalue weighted by atomic mass is 16.5. The molecule has 0 aliphatic carbocycles. The summed E-state index contributed by atoms with van der Waals surface area (Å²) in [7, 11) is 0. The van der Waals surface area contributed by atoms with Gasteiger partial charge in [-0.25, -0.2) is 9.67 Å². The summed E-state index contributed by atoms with van der Waals surface area (Å²) >= 11 is 0. The van der Waals surface area contributed by atoms with Gasteiger partial charge in [0.1, 0.15) is 30.3 Å². The molecular formula is C20H20N4O3. The molecule has 0 spiro atoms. The first-order valence-corrected chi connectivity index (χ1v) is 8.87. The van der Waals surface area contributed by atoms with Crippen LogP contribution in [0.5, 0.6) is 11.5 Å². The predicted octanol–water partition coefficient (Wildman–Crippen LogP) is 3.24. The van der Waals surface area contributed by atoms with Crippen LogP contribution in [0.25, 0.3) is 5.69 Å². The minimum atomic E-state index is -0.216. The van der Waals surface area contributed by atoms with Gasteiger partial charge in [0.05, 0.1) is 18.0 Å². The number of ether oxygens (including phenoxy) is 2. The van der Waals surface area contributed by atoms with Crippen LogP contribution < -0.4 is 14.8 Å². The number of hydrogen-bond acceptors (Lipinski definition) is 5. The van der Waals surface area contributed by atoms with Gasteiger partial charge in [0.2, 0.25) is 0 Å². The van der Waals surface area contributed by atoms with Crippen LogP contribution in [-0.4, -0.2) is 33.4 Å². The van der Waals surface area contributed by atoms with Crippen LogP contribution >= 0.6 is 0 Å². The molecule has 4 rings (SSSR count). The number of benzene rings is 2. The van der Waals surface area contributed by atoms with Crippen molar-refractivity contribution in [1.82, 2.24) is 14.8 Å². The number of rotatable bonds is 5. The van der Waals surface area contributed by atoms with E-state index in [1.165, 1.54) is 6.33 Å². The molecule has 0 saturated carbocycles. The van der Waals surface area contributed by atoms with Gasteiger partial charge in [-0.1, -0.05) is 0 Å². The Labute approximate surface area is 156 Å². The number of fused-ring (bicyclic) bond motifs is 1. The van der Waals surface area contributed by atoms with E-state index in [1.807, 2.05) is 38.1 Å². The molecule has 0 radical (unpaired) electrons. The van der Waals surface area contributed by atoms with Crippen molar-refractivity contribution in [2.75, 3.05) is 11.9 Å². The average Bonchev–Trinajstić information content (AvgIpc) is 3.31. The van der Waals surface area contributed by atoms with E-state index in [2.05, 4.69) is 15.4 Å². The number of anilines is 1. The van der Waals surface area contributed by atoms with Crippen molar-refractivity contribution in [1.29, 1.82) is 0 Å². The van der Waals surface area contributed by atoms with Crippen LogP contribution in [0.3, 0.4) is 0 Å². The maximum atomic E-state index is 12.7. The van der Waals surface area contributed by atoms with E-state index in [-0.39, 0.29) is 12.0 Å². The molecule has 0 fully saturated rings. The summed E-state index contributed by atoms with van der Waals surface area (Å²) in [6.07, 6.45) is 4.04. The summed E-state index contributed by atoms with van der Waals surface area (Å²) in [5, 5.41) is 7.01. The lowest BCUT2D eigenvalue weighted by atomic mass is 10.1. The third-order valence-electron chi connectivity index (χ3n) is 4.36. The van der Waals surface area contributed by atoms with Crippen LogP contribution in [0.4, 0.5) is 5.69 Å². The van der Waals surface area contributed by atoms with Crippen molar-refractivity contribution in [3.05, 3.63) is 60.2 Å². The SMILES string of the molecule is CCOc1cc2c(cc1NC(=O)c1ccc(-n3cncn3)cc1)OC(C)C2. The van der Waals surface area contributed by atoms with Gasteiger partial charge in [-0.2, -0.15) is 5.10 Å². The molecule has 1 N–H and O–H groups in total. The summed E-state index contributed by atoms with van der Waals surface area (Å²) in [6, 6.07) is 10.9. The Morgan fingerprint density at radius 3 is 2.85 bits per heavy atom. The van der Waals surface area contributed by atoms with Crippen LogP contribution in [0.2, 0.25) is 0 Å². The lowest BCUT2D eigenvalue weighted by Crippen LogP contribution is -2.13. The highest BCUT2D eigenvalue weighted by Crippen LogP contribution is 2.38. The Kier molecular flexibility index (Phi) is 4.50. The zero-order chi connectivity index (χ0) is 18.8. The highest BCUT2D eigenvalue weighted by molar-refractivity contribution is 6.05. The van der Waals surface area contributed by atoms with Gasteiger partial charge in [0, 0.05) is 23.6 Å². The number of hydrogen-bond donors (Lipinski definition) is 1. The number of nitrogens with one attached hydrogen (secondary N) is 1. The Balaban J connectivity index is 1.56. The van der Waals surface area contributed by atoms with Gasteiger partial charge in [0.25, 0.3) is 5.91 Å². The smallest absolute Gasteiger partial charge is 0.255 e. The third-order valence-corrected chi connectivity index (χ3v) is 4.36. The first-order valence-electron chi connectivity index (χ1n) is 8.87. The van der Waals surface area contributed by atoms with Gasteiger partial charge in [-0.05, 0) is 44.2 Å². The zero-order valence-corrected chi connectivity index (χ0v) is 15.2. The van der Waals surface area contributed by atoms with E-state index in [1.54, 1.807) is 23.1 Å². The van der Waals surface area contributed by atoms with E-state index in [4.69, 9.17) is 9.47 Å². The molecule has 1 unspecified atom stereocenters. The predicted molar refractivity (Wildman–Crippen MR) is 101 cm³/mol. The van der Waals surface area contributed by atoms with Crippen LogP contribution in [0.1, 0.15) is 29.8 Å². The molecule has 3 aromatic rings.